The van der Waals surface area contributed by atoms with E-state index in [1.54, 1.807) is 0 Å². The molecular formula is C18H22N2O4. The summed E-state index contributed by atoms with van der Waals surface area (Å²) in [7, 11) is 0. The maximum absolute atomic E-state index is 12.5. The highest BCUT2D eigenvalue weighted by atomic mass is 16.4. The van der Waals surface area contributed by atoms with Gasteiger partial charge >= 0.3 is 5.97 Å². The molecule has 0 spiro atoms. The standard InChI is InChI=1S/C18H22N2O4/c21-16(6-3-9-19-17(22)12-7-8-12)20-11-14-5-2-1-4-13(14)10-15(20)18(23)24/h1-2,4-5,12,15H,3,6-11H2,(H,19,22)(H,23,24). The van der Waals surface area contributed by atoms with Gasteiger partial charge in [0, 0.05) is 31.8 Å². The number of hydrogen-bond acceptors (Lipinski definition) is 3. The molecule has 6 heteroatoms. The molecule has 1 atom stereocenters. The van der Waals surface area contributed by atoms with E-state index in [0.29, 0.717) is 25.9 Å². The van der Waals surface area contributed by atoms with Crippen LogP contribution in [-0.2, 0) is 27.3 Å². The summed E-state index contributed by atoms with van der Waals surface area (Å²) in [4.78, 5) is 37.0. The lowest BCUT2D eigenvalue weighted by Gasteiger charge is -2.34. The van der Waals surface area contributed by atoms with E-state index in [0.717, 1.165) is 24.0 Å². The normalized spacial score (nSPS) is 19.5. The molecule has 24 heavy (non-hydrogen) atoms. The minimum Gasteiger partial charge on any atom is -0.480 e. The van der Waals surface area contributed by atoms with Crippen molar-refractivity contribution in [2.24, 2.45) is 5.92 Å². The van der Waals surface area contributed by atoms with Crippen molar-refractivity contribution in [3.63, 3.8) is 0 Å². The van der Waals surface area contributed by atoms with E-state index in [2.05, 4.69) is 5.32 Å². The number of fused-ring (bicyclic) bond motifs is 1. The van der Waals surface area contributed by atoms with Gasteiger partial charge in [-0.15, -0.1) is 0 Å². The topological polar surface area (TPSA) is 86.7 Å². The highest BCUT2D eigenvalue weighted by Crippen LogP contribution is 2.28. The smallest absolute Gasteiger partial charge is 0.326 e. The number of nitrogens with zero attached hydrogens (tertiary/aromatic N) is 1. The molecule has 1 unspecified atom stereocenters. The number of nitrogens with one attached hydrogen (secondary N) is 1. The number of carbonyl (C=O) groups is 3. The summed E-state index contributed by atoms with van der Waals surface area (Å²) in [6, 6.07) is 6.83. The Kier molecular flexibility index (Phi) is 4.83. The first-order valence-electron chi connectivity index (χ1n) is 8.43. The van der Waals surface area contributed by atoms with Crippen LogP contribution < -0.4 is 5.32 Å². The Morgan fingerprint density at radius 2 is 1.88 bits per heavy atom. The Balaban J connectivity index is 1.55. The number of rotatable bonds is 6. The SMILES string of the molecule is O=C(NCCCC(=O)N1Cc2ccccc2CC1C(=O)O)C1CC1. The lowest BCUT2D eigenvalue weighted by molar-refractivity contribution is -0.151. The second-order valence-corrected chi connectivity index (χ2v) is 6.52. The van der Waals surface area contributed by atoms with Gasteiger partial charge in [-0.2, -0.15) is 0 Å². The fraction of sp³-hybridized carbons (Fsp3) is 0.500. The van der Waals surface area contributed by atoms with Crippen LogP contribution in [0.25, 0.3) is 0 Å². The van der Waals surface area contributed by atoms with Gasteiger partial charge in [-0.3, -0.25) is 9.59 Å². The van der Waals surface area contributed by atoms with Crippen molar-refractivity contribution in [3.05, 3.63) is 35.4 Å². The Morgan fingerprint density at radius 3 is 2.54 bits per heavy atom. The van der Waals surface area contributed by atoms with Crippen molar-refractivity contribution >= 4 is 17.8 Å². The van der Waals surface area contributed by atoms with Gasteiger partial charge in [0.1, 0.15) is 6.04 Å². The predicted molar refractivity (Wildman–Crippen MR) is 87.1 cm³/mol. The molecule has 2 amide bonds. The predicted octanol–water partition coefficient (Wildman–Crippen LogP) is 1.33. The van der Waals surface area contributed by atoms with E-state index in [1.165, 1.54) is 4.90 Å². The van der Waals surface area contributed by atoms with Crippen LogP contribution in [0.2, 0.25) is 0 Å². The molecule has 2 aliphatic rings. The Labute approximate surface area is 140 Å². The van der Waals surface area contributed by atoms with E-state index in [4.69, 9.17) is 0 Å². The third kappa shape index (κ3) is 3.75. The molecule has 0 saturated heterocycles. The Bertz CT molecular complexity index is 654. The number of hydrogen-bond donors (Lipinski definition) is 2. The van der Waals surface area contributed by atoms with Crippen molar-refractivity contribution in [3.8, 4) is 0 Å². The zero-order valence-electron chi connectivity index (χ0n) is 13.5. The second kappa shape index (κ2) is 7.03. The van der Waals surface area contributed by atoms with E-state index >= 15 is 0 Å². The molecule has 3 rings (SSSR count). The molecule has 128 valence electrons. The number of aliphatic carboxylic acids is 1. The summed E-state index contributed by atoms with van der Waals surface area (Å²) in [6.07, 6.45) is 3.03. The van der Waals surface area contributed by atoms with Crippen molar-refractivity contribution in [2.45, 2.75) is 44.7 Å². The van der Waals surface area contributed by atoms with E-state index in [1.807, 2.05) is 24.3 Å². The minimum atomic E-state index is -0.972. The lowest BCUT2D eigenvalue weighted by Crippen LogP contribution is -2.48. The third-order valence-corrected chi connectivity index (χ3v) is 4.67. The van der Waals surface area contributed by atoms with Crippen LogP contribution in [-0.4, -0.2) is 40.4 Å². The number of carboxylic acid groups (broad SMARTS) is 1. The van der Waals surface area contributed by atoms with E-state index < -0.39 is 12.0 Å². The first-order valence-corrected chi connectivity index (χ1v) is 8.43. The summed E-state index contributed by atoms with van der Waals surface area (Å²) >= 11 is 0. The van der Waals surface area contributed by atoms with Gasteiger partial charge in [0.05, 0.1) is 0 Å². The molecule has 0 aromatic heterocycles. The maximum atomic E-state index is 12.5. The molecule has 1 aliphatic heterocycles. The zero-order chi connectivity index (χ0) is 17.1. The first kappa shape index (κ1) is 16.5. The van der Waals surface area contributed by atoms with Crippen molar-refractivity contribution in [1.82, 2.24) is 10.2 Å². The van der Waals surface area contributed by atoms with Gasteiger partial charge in [0.25, 0.3) is 0 Å². The largest absolute Gasteiger partial charge is 0.480 e. The molecule has 0 bridgehead atoms. The molecule has 2 N–H and O–H groups in total. The highest BCUT2D eigenvalue weighted by molar-refractivity contribution is 5.84. The average molecular weight is 330 g/mol. The summed E-state index contributed by atoms with van der Waals surface area (Å²) in [5, 5.41) is 12.3. The Morgan fingerprint density at radius 1 is 1.17 bits per heavy atom. The quantitative estimate of drug-likeness (QED) is 0.771. The van der Waals surface area contributed by atoms with E-state index in [-0.39, 0.29) is 24.2 Å². The molecule has 1 saturated carbocycles. The van der Waals surface area contributed by atoms with Gasteiger partial charge in [-0.1, -0.05) is 24.3 Å². The van der Waals surface area contributed by atoms with Gasteiger partial charge < -0.3 is 15.3 Å². The summed E-state index contributed by atoms with van der Waals surface area (Å²) < 4.78 is 0. The van der Waals surface area contributed by atoms with Crippen LogP contribution in [0.3, 0.4) is 0 Å². The highest BCUT2D eigenvalue weighted by Gasteiger charge is 2.34. The van der Waals surface area contributed by atoms with Crippen LogP contribution in [0.1, 0.15) is 36.8 Å². The summed E-state index contributed by atoms with van der Waals surface area (Å²) in [5.41, 5.74) is 2.00. The van der Waals surface area contributed by atoms with Gasteiger partial charge in [0.2, 0.25) is 11.8 Å². The van der Waals surface area contributed by atoms with E-state index in [9.17, 15) is 19.5 Å². The molecule has 1 heterocycles. The first-order chi connectivity index (χ1) is 11.6. The molecule has 1 aromatic rings. The number of amides is 2. The fourth-order valence-electron chi connectivity index (χ4n) is 3.09. The molecule has 1 aliphatic carbocycles. The van der Waals surface area contributed by atoms with Crippen LogP contribution in [0, 0.1) is 5.92 Å². The van der Waals surface area contributed by atoms with Gasteiger partial charge in [0.15, 0.2) is 0 Å². The number of carbonyl (C=O) groups excluding carboxylic acids is 2. The number of benzene rings is 1. The third-order valence-electron chi connectivity index (χ3n) is 4.67. The van der Waals surface area contributed by atoms with Crippen LogP contribution in [0.5, 0.6) is 0 Å². The van der Waals surface area contributed by atoms with Gasteiger partial charge in [-0.05, 0) is 30.4 Å². The van der Waals surface area contributed by atoms with Crippen LogP contribution in [0.15, 0.2) is 24.3 Å². The summed E-state index contributed by atoms with van der Waals surface area (Å²) in [5.74, 6) is -0.911. The molecule has 0 radical (unpaired) electrons. The monoisotopic (exact) mass is 330 g/mol. The van der Waals surface area contributed by atoms with Crippen molar-refractivity contribution in [1.29, 1.82) is 0 Å². The second-order valence-electron chi connectivity index (χ2n) is 6.52. The van der Waals surface area contributed by atoms with Crippen LogP contribution >= 0.6 is 0 Å². The van der Waals surface area contributed by atoms with Crippen molar-refractivity contribution < 1.29 is 19.5 Å². The lowest BCUT2D eigenvalue weighted by atomic mass is 9.93. The fourth-order valence-corrected chi connectivity index (χ4v) is 3.09. The summed E-state index contributed by atoms with van der Waals surface area (Å²) in [6.45, 7) is 0.795. The molecule has 1 fully saturated rings. The molecule has 1 aromatic carbocycles. The van der Waals surface area contributed by atoms with Crippen LogP contribution in [0.4, 0.5) is 0 Å². The van der Waals surface area contributed by atoms with Crippen molar-refractivity contribution in [2.75, 3.05) is 6.54 Å². The Hall–Kier alpha value is -2.37. The zero-order valence-corrected chi connectivity index (χ0v) is 13.5. The minimum absolute atomic E-state index is 0.0674. The number of carboxylic acids is 1. The average Bonchev–Trinajstić information content (AvgIpc) is 3.42. The molecular weight excluding hydrogens is 308 g/mol. The maximum Gasteiger partial charge on any atom is 0.326 e. The molecule has 6 nitrogen and oxygen atoms in total. The van der Waals surface area contributed by atoms with Gasteiger partial charge in [-0.25, -0.2) is 4.79 Å².